The van der Waals surface area contributed by atoms with Gasteiger partial charge in [0.15, 0.2) is 0 Å². The number of urea groups is 1. The van der Waals surface area contributed by atoms with Crippen LogP contribution in [0.4, 0.5) is 28.0 Å². The van der Waals surface area contributed by atoms with Gasteiger partial charge in [0.05, 0.1) is 6.54 Å². The first-order valence-electron chi connectivity index (χ1n) is 9.27. The number of likely N-dealkylation sites (tertiary alicyclic amines) is 1. The lowest BCUT2D eigenvalue weighted by atomic mass is 10.2. The zero-order valence-electron chi connectivity index (χ0n) is 15.9. The molecule has 1 aromatic heterocycles. The molecule has 1 N–H and O–H groups in total. The largest absolute Gasteiger partial charge is 0.489 e. The molecule has 3 aromatic rings. The molecule has 0 saturated carbocycles. The Bertz CT molecular complexity index is 1050. The second-order valence-electron chi connectivity index (χ2n) is 6.86. The van der Waals surface area contributed by atoms with Crippen LogP contribution in [-0.4, -0.2) is 40.3 Å². The van der Waals surface area contributed by atoms with Crippen molar-refractivity contribution in [3.8, 4) is 17.1 Å². The Morgan fingerprint density at radius 1 is 1.13 bits per heavy atom. The predicted molar refractivity (Wildman–Crippen MR) is 101 cm³/mol. The molecule has 1 fully saturated rings. The van der Waals surface area contributed by atoms with Crippen LogP contribution in [0, 0.1) is 5.82 Å². The summed E-state index contributed by atoms with van der Waals surface area (Å²) in [6.07, 6.45) is -4.34. The van der Waals surface area contributed by atoms with Crippen LogP contribution in [0.2, 0.25) is 0 Å². The highest BCUT2D eigenvalue weighted by molar-refractivity contribution is 5.89. The molecule has 0 bridgehead atoms. The smallest absolute Gasteiger partial charge is 0.471 e. The number of rotatable bonds is 4. The third-order valence-electron chi connectivity index (χ3n) is 4.61. The minimum Gasteiger partial charge on any atom is -0.489 e. The lowest BCUT2D eigenvalue weighted by Gasteiger charge is -2.18. The molecule has 4 rings (SSSR count). The molecule has 1 atom stereocenters. The number of anilines is 1. The van der Waals surface area contributed by atoms with Crippen LogP contribution in [0.25, 0.3) is 11.4 Å². The SMILES string of the molecule is O=C(Nc1ccc(F)cc1)N1CC[C@H](Oc2ccc(-c3noc(C(F)(F)F)n3)cc2)C1. The first-order valence-corrected chi connectivity index (χ1v) is 9.27. The maximum Gasteiger partial charge on any atom is 0.471 e. The first kappa shape index (κ1) is 20.6. The summed E-state index contributed by atoms with van der Waals surface area (Å²) >= 11 is 0. The standard InChI is InChI=1S/C20H16F4N4O3/c21-13-3-5-14(6-4-13)25-19(29)28-10-9-16(11-28)30-15-7-1-12(2-8-15)17-26-18(31-27-17)20(22,23)24/h1-8,16H,9-11H2,(H,25,29)/t16-/m0/s1. The molecule has 2 aromatic carbocycles. The van der Waals surface area contributed by atoms with Gasteiger partial charge in [-0.1, -0.05) is 5.16 Å². The molecule has 162 valence electrons. The fraction of sp³-hybridized carbons (Fsp3) is 0.250. The summed E-state index contributed by atoms with van der Waals surface area (Å²) in [5.41, 5.74) is 0.833. The van der Waals surface area contributed by atoms with Crippen molar-refractivity contribution < 1.29 is 31.6 Å². The summed E-state index contributed by atoms with van der Waals surface area (Å²) in [5.74, 6) is -1.48. The molecule has 11 heteroatoms. The van der Waals surface area contributed by atoms with Gasteiger partial charge in [0.25, 0.3) is 0 Å². The number of alkyl halides is 3. The number of amides is 2. The molecule has 31 heavy (non-hydrogen) atoms. The number of carbonyl (C=O) groups excluding carboxylic acids is 1. The van der Waals surface area contributed by atoms with Crippen molar-refractivity contribution in [1.82, 2.24) is 15.0 Å². The van der Waals surface area contributed by atoms with E-state index in [-0.39, 0.29) is 18.0 Å². The number of carbonyl (C=O) groups is 1. The molecule has 0 aliphatic carbocycles. The normalized spacial score (nSPS) is 16.4. The van der Waals surface area contributed by atoms with E-state index >= 15 is 0 Å². The monoisotopic (exact) mass is 436 g/mol. The van der Waals surface area contributed by atoms with E-state index in [4.69, 9.17) is 4.74 Å². The molecule has 0 radical (unpaired) electrons. The number of nitrogens with zero attached hydrogens (tertiary/aromatic N) is 3. The third-order valence-corrected chi connectivity index (χ3v) is 4.61. The molecular weight excluding hydrogens is 420 g/mol. The van der Waals surface area contributed by atoms with E-state index in [0.29, 0.717) is 36.5 Å². The van der Waals surface area contributed by atoms with Gasteiger partial charge in [0.1, 0.15) is 17.7 Å². The van der Waals surface area contributed by atoms with Gasteiger partial charge < -0.3 is 19.5 Å². The second-order valence-corrected chi connectivity index (χ2v) is 6.86. The number of aromatic nitrogens is 2. The van der Waals surface area contributed by atoms with E-state index in [0.717, 1.165) is 0 Å². The zero-order valence-corrected chi connectivity index (χ0v) is 15.9. The van der Waals surface area contributed by atoms with Crippen molar-refractivity contribution >= 4 is 11.7 Å². The van der Waals surface area contributed by atoms with Crippen LogP contribution in [0.3, 0.4) is 0 Å². The second kappa shape index (κ2) is 8.25. The minimum atomic E-state index is -4.70. The van der Waals surface area contributed by atoms with Crippen LogP contribution >= 0.6 is 0 Å². The van der Waals surface area contributed by atoms with Gasteiger partial charge in [-0.25, -0.2) is 9.18 Å². The lowest BCUT2D eigenvalue weighted by Crippen LogP contribution is -2.34. The van der Waals surface area contributed by atoms with Gasteiger partial charge in [-0.05, 0) is 48.5 Å². The van der Waals surface area contributed by atoms with Crippen molar-refractivity contribution in [2.75, 3.05) is 18.4 Å². The zero-order chi connectivity index (χ0) is 22.0. The molecule has 2 heterocycles. The van der Waals surface area contributed by atoms with Crippen LogP contribution in [0.1, 0.15) is 12.3 Å². The summed E-state index contributed by atoms with van der Waals surface area (Å²) < 4.78 is 60.8. The fourth-order valence-corrected chi connectivity index (χ4v) is 3.08. The quantitative estimate of drug-likeness (QED) is 0.606. The number of hydrogen-bond acceptors (Lipinski definition) is 5. The molecule has 0 spiro atoms. The Labute approximate surface area is 173 Å². The number of nitrogens with one attached hydrogen (secondary N) is 1. The Morgan fingerprint density at radius 3 is 2.48 bits per heavy atom. The number of hydrogen-bond donors (Lipinski definition) is 1. The van der Waals surface area contributed by atoms with Gasteiger partial charge in [0, 0.05) is 24.2 Å². The van der Waals surface area contributed by atoms with Crippen molar-refractivity contribution in [3.05, 3.63) is 60.2 Å². The first-order chi connectivity index (χ1) is 14.8. The maximum atomic E-state index is 13.0. The van der Waals surface area contributed by atoms with Gasteiger partial charge in [-0.3, -0.25) is 0 Å². The van der Waals surface area contributed by atoms with Crippen molar-refractivity contribution in [2.45, 2.75) is 18.7 Å². The van der Waals surface area contributed by atoms with Gasteiger partial charge in [-0.15, -0.1) is 0 Å². The van der Waals surface area contributed by atoms with Crippen molar-refractivity contribution in [2.24, 2.45) is 0 Å². The average molecular weight is 436 g/mol. The van der Waals surface area contributed by atoms with E-state index in [1.807, 2.05) is 0 Å². The van der Waals surface area contributed by atoms with E-state index in [1.54, 1.807) is 17.0 Å². The highest BCUT2D eigenvalue weighted by atomic mass is 19.4. The minimum absolute atomic E-state index is 0.177. The number of halogens is 4. The molecule has 1 saturated heterocycles. The summed E-state index contributed by atoms with van der Waals surface area (Å²) in [6.45, 7) is 0.841. The van der Waals surface area contributed by atoms with Crippen molar-refractivity contribution in [1.29, 1.82) is 0 Å². The number of ether oxygens (including phenoxy) is 1. The van der Waals surface area contributed by atoms with Crippen LogP contribution in [0.5, 0.6) is 5.75 Å². The predicted octanol–water partition coefficient (Wildman–Crippen LogP) is 4.58. The molecular formula is C20H16F4N4O3. The Balaban J connectivity index is 1.32. The topological polar surface area (TPSA) is 80.5 Å². The highest BCUT2D eigenvalue weighted by Gasteiger charge is 2.38. The third kappa shape index (κ3) is 4.93. The molecule has 1 aliphatic rings. The van der Waals surface area contributed by atoms with Gasteiger partial charge >= 0.3 is 18.1 Å². The van der Waals surface area contributed by atoms with Crippen molar-refractivity contribution in [3.63, 3.8) is 0 Å². The highest BCUT2D eigenvalue weighted by Crippen LogP contribution is 2.30. The Hall–Kier alpha value is -3.63. The molecule has 1 aliphatic heterocycles. The molecule has 7 nitrogen and oxygen atoms in total. The van der Waals surface area contributed by atoms with Crippen LogP contribution in [-0.2, 0) is 6.18 Å². The van der Waals surface area contributed by atoms with Crippen LogP contribution < -0.4 is 10.1 Å². The van der Waals surface area contributed by atoms with E-state index in [9.17, 15) is 22.4 Å². The summed E-state index contributed by atoms with van der Waals surface area (Å²) in [6, 6.07) is 11.4. The fourth-order valence-electron chi connectivity index (χ4n) is 3.08. The molecule has 2 amide bonds. The van der Waals surface area contributed by atoms with E-state index in [2.05, 4.69) is 20.0 Å². The number of benzene rings is 2. The summed E-state index contributed by atoms with van der Waals surface area (Å²) in [7, 11) is 0. The van der Waals surface area contributed by atoms with E-state index in [1.165, 1.54) is 36.4 Å². The van der Waals surface area contributed by atoms with Crippen LogP contribution in [0.15, 0.2) is 53.1 Å². The summed E-state index contributed by atoms with van der Waals surface area (Å²) in [5, 5.41) is 6.03. The molecule has 0 unspecified atom stereocenters. The Morgan fingerprint density at radius 2 is 1.84 bits per heavy atom. The Kier molecular flexibility index (Phi) is 5.49. The summed E-state index contributed by atoms with van der Waals surface area (Å²) in [4.78, 5) is 17.3. The average Bonchev–Trinajstić information content (AvgIpc) is 3.40. The lowest BCUT2D eigenvalue weighted by molar-refractivity contribution is -0.159. The van der Waals surface area contributed by atoms with Gasteiger partial charge in [0.2, 0.25) is 5.82 Å². The van der Waals surface area contributed by atoms with E-state index < -0.39 is 17.9 Å². The maximum absolute atomic E-state index is 13.0. The van der Waals surface area contributed by atoms with Gasteiger partial charge in [-0.2, -0.15) is 18.2 Å².